The molecule has 2 rings (SSSR count). The van der Waals surface area contributed by atoms with Crippen LogP contribution in [0.3, 0.4) is 0 Å². The summed E-state index contributed by atoms with van der Waals surface area (Å²) in [6.45, 7) is 3.63. The van der Waals surface area contributed by atoms with E-state index in [4.69, 9.17) is 11.6 Å². The van der Waals surface area contributed by atoms with Crippen LogP contribution in [-0.4, -0.2) is 37.6 Å². The van der Waals surface area contributed by atoms with Gasteiger partial charge in [0, 0.05) is 17.5 Å². The van der Waals surface area contributed by atoms with Gasteiger partial charge in [-0.15, -0.1) is 11.3 Å². The quantitative estimate of drug-likeness (QED) is 0.893. The van der Waals surface area contributed by atoms with Crippen LogP contribution in [0.4, 0.5) is 0 Å². The number of hydrogen-bond donors (Lipinski definition) is 1. The molecule has 2 heterocycles. The number of hydrogen-bond acceptors (Lipinski definition) is 3. The van der Waals surface area contributed by atoms with E-state index in [1.165, 1.54) is 37.4 Å². The second-order valence-corrected chi connectivity index (χ2v) is 6.16. The van der Waals surface area contributed by atoms with Crippen LogP contribution in [0.1, 0.15) is 17.7 Å². The molecule has 1 saturated heterocycles. The van der Waals surface area contributed by atoms with Crippen LogP contribution < -0.4 is 5.32 Å². The molecule has 1 aromatic heterocycles. The summed E-state index contributed by atoms with van der Waals surface area (Å²) < 4.78 is 0.906. The number of thiophene rings is 1. The number of rotatable bonds is 4. The number of nitrogens with one attached hydrogen (secondary N) is 1. The van der Waals surface area contributed by atoms with E-state index in [0.29, 0.717) is 0 Å². The van der Waals surface area contributed by atoms with Gasteiger partial charge in [-0.25, -0.2) is 0 Å². The van der Waals surface area contributed by atoms with Crippen LogP contribution in [0.2, 0.25) is 4.34 Å². The van der Waals surface area contributed by atoms with Gasteiger partial charge in [-0.2, -0.15) is 0 Å². The molecule has 16 heavy (non-hydrogen) atoms. The largest absolute Gasteiger partial charge is 0.317 e. The van der Waals surface area contributed by atoms with Gasteiger partial charge in [-0.05, 0) is 51.5 Å². The van der Waals surface area contributed by atoms with E-state index in [0.717, 1.165) is 16.8 Å². The summed E-state index contributed by atoms with van der Waals surface area (Å²) in [6.07, 6.45) is 3.70. The molecule has 0 saturated carbocycles. The molecule has 0 aliphatic carbocycles. The lowest BCUT2D eigenvalue weighted by Crippen LogP contribution is -2.41. The van der Waals surface area contributed by atoms with E-state index in [2.05, 4.69) is 23.3 Å². The van der Waals surface area contributed by atoms with Gasteiger partial charge in [0.1, 0.15) is 0 Å². The van der Waals surface area contributed by atoms with Gasteiger partial charge in [0.15, 0.2) is 0 Å². The van der Waals surface area contributed by atoms with Gasteiger partial charge in [0.2, 0.25) is 0 Å². The summed E-state index contributed by atoms with van der Waals surface area (Å²) in [5.41, 5.74) is 0. The van der Waals surface area contributed by atoms with Crippen LogP contribution >= 0.6 is 22.9 Å². The van der Waals surface area contributed by atoms with E-state index < -0.39 is 0 Å². The maximum Gasteiger partial charge on any atom is 0.0931 e. The first-order valence-corrected chi connectivity index (χ1v) is 7.11. The third-order valence-corrected chi connectivity index (χ3v) is 4.59. The molecule has 4 heteroatoms. The molecule has 2 nitrogen and oxygen atoms in total. The lowest BCUT2D eigenvalue weighted by atomic mass is 10.1. The summed E-state index contributed by atoms with van der Waals surface area (Å²) in [5, 5.41) is 3.36. The van der Waals surface area contributed by atoms with Gasteiger partial charge in [-0.1, -0.05) is 11.6 Å². The molecule has 0 spiro atoms. The molecule has 0 atom stereocenters. The first-order valence-electron chi connectivity index (χ1n) is 5.92. The Morgan fingerprint density at radius 2 is 2.19 bits per heavy atom. The number of halogens is 1. The minimum atomic E-state index is 0.729. The highest BCUT2D eigenvalue weighted by molar-refractivity contribution is 7.16. The highest BCUT2D eigenvalue weighted by Gasteiger charge is 2.17. The van der Waals surface area contributed by atoms with Crippen molar-refractivity contribution in [2.45, 2.75) is 25.3 Å². The SMILES string of the molecule is CNC1CCN(CCc2ccc(Cl)s2)CC1. The minimum absolute atomic E-state index is 0.729. The monoisotopic (exact) mass is 258 g/mol. The second kappa shape index (κ2) is 6.01. The number of likely N-dealkylation sites (tertiary alicyclic amines) is 1. The predicted molar refractivity (Wildman–Crippen MR) is 71.6 cm³/mol. The Balaban J connectivity index is 1.71. The van der Waals surface area contributed by atoms with E-state index in [9.17, 15) is 0 Å². The Hall–Kier alpha value is -0.0900. The van der Waals surface area contributed by atoms with Gasteiger partial charge >= 0.3 is 0 Å². The molecule has 1 N–H and O–H groups in total. The van der Waals surface area contributed by atoms with Gasteiger partial charge in [0.05, 0.1) is 4.34 Å². The fraction of sp³-hybridized carbons (Fsp3) is 0.667. The van der Waals surface area contributed by atoms with E-state index in [1.54, 1.807) is 11.3 Å². The summed E-state index contributed by atoms with van der Waals surface area (Å²) in [6, 6.07) is 4.87. The third kappa shape index (κ3) is 3.45. The maximum atomic E-state index is 5.92. The highest BCUT2D eigenvalue weighted by atomic mass is 35.5. The van der Waals surface area contributed by atoms with Crippen molar-refractivity contribution in [1.29, 1.82) is 0 Å². The topological polar surface area (TPSA) is 15.3 Å². The van der Waals surface area contributed by atoms with E-state index in [-0.39, 0.29) is 0 Å². The second-order valence-electron chi connectivity index (χ2n) is 4.36. The fourth-order valence-electron chi connectivity index (χ4n) is 2.20. The maximum absolute atomic E-state index is 5.92. The van der Waals surface area contributed by atoms with Crippen molar-refractivity contribution >= 4 is 22.9 Å². The molecule has 0 amide bonds. The number of piperidine rings is 1. The normalized spacial score (nSPS) is 19.1. The van der Waals surface area contributed by atoms with Gasteiger partial charge in [0.25, 0.3) is 0 Å². The zero-order valence-corrected chi connectivity index (χ0v) is 11.3. The Morgan fingerprint density at radius 3 is 2.75 bits per heavy atom. The Morgan fingerprint density at radius 1 is 1.44 bits per heavy atom. The fourth-order valence-corrected chi connectivity index (χ4v) is 3.28. The molecule has 0 aromatic carbocycles. The van der Waals surface area contributed by atoms with Crippen molar-refractivity contribution < 1.29 is 0 Å². The molecule has 1 aliphatic rings. The van der Waals surface area contributed by atoms with Crippen LogP contribution in [0, 0.1) is 0 Å². The standard InChI is InChI=1S/C12H19ClN2S/c1-14-10-4-7-15(8-5-10)9-6-11-2-3-12(13)16-11/h2-3,10,14H,4-9H2,1H3. The van der Waals surface area contributed by atoms with Crippen LogP contribution in [0.15, 0.2) is 12.1 Å². The Kier molecular flexibility index (Phi) is 4.65. The molecule has 0 bridgehead atoms. The van der Waals surface area contributed by atoms with E-state index in [1.807, 2.05) is 6.07 Å². The first kappa shape index (κ1) is 12.4. The van der Waals surface area contributed by atoms with Crippen molar-refractivity contribution in [3.05, 3.63) is 21.3 Å². The molecule has 0 radical (unpaired) electrons. The van der Waals surface area contributed by atoms with Crippen LogP contribution in [0.5, 0.6) is 0 Å². The molecule has 1 aromatic rings. The average molecular weight is 259 g/mol. The van der Waals surface area contributed by atoms with Crippen molar-refractivity contribution in [2.24, 2.45) is 0 Å². The highest BCUT2D eigenvalue weighted by Crippen LogP contribution is 2.22. The molecule has 90 valence electrons. The number of nitrogens with zero attached hydrogens (tertiary/aromatic N) is 1. The molecular formula is C12H19ClN2S. The van der Waals surface area contributed by atoms with Crippen LogP contribution in [0.25, 0.3) is 0 Å². The lowest BCUT2D eigenvalue weighted by molar-refractivity contribution is 0.204. The smallest absolute Gasteiger partial charge is 0.0931 e. The van der Waals surface area contributed by atoms with Gasteiger partial charge in [-0.3, -0.25) is 0 Å². The summed E-state index contributed by atoms with van der Waals surface area (Å²) >= 11 is 7.62. The van der Waals surface area contributed by atoms with Crippen molar-refractivity contribution in [2.75, 3.05) is 26.7 Å². The summed E-state index contributed by atoms with van der Waals surface area (Å²) in [7, 11) is 2.06. The predicted octanol–water partition coefficient (Wildman–Crippen LogP) is 2.63. The molecule has 1 aliphatic heterocycles. The van der Waals surface area contributed by atoms with Gasteiger partial charge < -0.3 is 10.2 Å². The Labute approximate surface area is 107 Å². The molecule has 1 fully saturated rings. The van der Waals surface area contributed by atoms with E-state index >= 15 is 0 Å². The lowest BCUT2D eigenvalue weighted by Gasteiger charge is -2.31. The third-order valence-electron chi connectivity index (χ3n) is 3.30. The van der Waals surface area contributed by atoms with Crippen molar-refractivity contribution in [3.63, 3.8) is 0 Å². The minimum Gasteiger partial charge on any atom is -0.317 e. The average Bonchev–Trinajstić information content (AvgIpc) is 2.73. The zero-order valence-electron chi connectivity index (χ0n) is 9.71. The van der Waals surface area contributed by atoms with Crippen molar-refractivity contribution in [1.82, 2.24) is 10.2 Å². The molecule has 0 unspecified atom stereocenters. The summed E-state index contributed by atoms with van der Waals surface area (Å²) in [4.78, 5) is 3.96. The zero-order chi connectivity index (χ0) is 11.4. The summed E-state index contributed by atoms with van der Waals surface area (Å²) in [5.74, 6) is 0. The Bertz CT molecular complexity index is 319. The van der Waals surface area contributed by atoms with Crippen molar-refractivity contribution in [3.8, 4) is 0 Å². The first-order chi connectivity index (χ1) is 7.78. The molecular weight excluding hydrogens is 240 g/mol. The van der Waals surface area contributed by atoms with Crippen LogP contribution in [-0.2, 0) is 6.42 Å².